The Bertz CT molecular complexity index is 1840. The number of anilines is 1. The second kappa shape index (κ2) is 12.9. The molecule has 2 atom stereocenters. The number of nitriles is 1. The summed E-state index contributed by atoms with van der Waals surface area (Å²) in [6.07, 6.45) is 2.62. The molecule has 6 rings (SSSR count). The maximum atomic E-state index is 14.1. The van der Waals surface area contributed by atoms with Crippen molar-refractivity contribution in [3.05, 3.63) is 142 Å². The van der Waals surface area contributed by atoms with Gasteiger partial charge in [0.25, 0.3) is 5.91 Å². The van der Waals surface area contributed by atoms with Crippen molar-refractivity contribution in [2.24, 2.45) is 0 Å². The van der Waals surface area contributed by atoms with Gasteiger partial charge in [-0.1, -0.05) is 42.5 Å². The molecule has 1 amide bonds. The maximum Gasteiger partial charge on any atom is 0.255 e. The van der Waals surface area contributed by atoms with E-state index in [4.69, 9.17) is 14.7 Å². The number of rotatable bonds is 8. The number of ketones is 1. The predicted octanol–water partition coefficient (Wildman–Crippen LogP) is 6.54. The minimum atomic E-state index is -0.617. The number of pyridine rings is 1. The fourth-order valence-corrected chi connectivity index (χ4v) is 6.13. The lowest BCUT2D eigenvalue weighted by atomic mass is 9.71. The third-order valence-electron chi connectivity index (χ3n) is 8.27. The van der Waals surface area contributed by atoms with Gasteiger partial charge in [0, 0.05) is 46.6 Å². The second-order valence-electron chi connectivity index (χ2n) is 11.1. The highest BCUT2D eigenvalue weighted by Crippen LogP contribution is 2.46. The maximum absolute atomic E-state index is 14.1. The highest BCUT2D eigenvalue weighted by atomic mass is 16.5. The largest absolute Gasteiger partial charge is 0.496 e. The lowest BCUT2D eigenvalue weighted by Gasteiger charge is -2.37. The summed E-state index contributed by atoms with van der Waals surface area (Å²) in [4.78, 5) is 32.3. The Labute approximate surface area is 262 Å². The lowest BCUT2D eigenvalue weighted by Crippen LogP contribution is -2.37. The molecule has 0 fully saturated rings. The molecule has 4 aromatic rings. The van der Waals surface area contributed by atoms with E-state index < -0.39 is 5.92 Å². The zero-order valence-electron chi connectivity index (χ0n) is 25.0. The number of benzene rings is 3. The number of hydrogen-bond donors (Lipinski definition) is 2. The van der Waals surface area contributed by atoms with E-state index in [1.165, 1.54) is 0 Å². The number of carbonyl (C=O) groups excluding carboxylic acids is 2. The van der Waals surface area contributed by atoms with Crippen molar-refractivity contribution >= 4 is 17.5 Å². The molecular formula is C37H32N4O4. The van der Waals surface area contributed by atoms with Gasteiger partial charge in [-0.05, 0) is 78.9 Å². The van der Waals surface area contributed by atoms with Gasteiger partial charge in [-0.15, -0.1) is 0 Å². The topological polar surface area (TPSA) is 113 Å². The van der Waals surface area contributed by atoms with Crippen LogP contribution >= 0.6 is 0 Å². The van der Waals surface area contributed by atoms with Crippen LogP contribution in [0.4, 0.5) is 5.82 Å². The second-order valence-corrected chi connectivity index (χ2v) is 11.1. The first kappa shape index (κ1) is 29.4. The van der Waals surface area contributed by atoms with Crippen LogP contribution in [0.2, 0.25) is 0 Å². The van der Waals surface area contributed by atoms with Crippen molar-refractivity contribution in [2.45, 2.75) is 38.2 Å². The molecule has 1 aliphatic heterocycles. The Hall–Kier alpha value is -5.68. The van der Waals surface area contributed by atoms with E-state index in [2.05, 4.69) is 33.8 Å². The number of Topliss-reactive ketones (excluding diaryl/α,β-unsaturated/α-hetero) is 1. The van der Waals surface area contributed by atoms with Gasteiger partial charge < -0.3 is 20.1 Å². The van der Waals surface area contributed by atoms with E-state index in [1.807, 2.05) is 43.3 Å². The standard InChI is InChI=1S/C37H32N4O4/c1-23-34(37(43)41-33-10-6-7-17-39-33)35(36-30(40-23)19-27(20-31(36)42)25-8-4-3-5-9-25)26-13-16-32(44-2)28(18-26)22-45-29-14-11-24(21-38)12-15-29/h3-18,27,35,40H,19-20,22H2,1-2H3,(H,39,41,43)/t27-,35-/m0/s1. The molecule has 0 saturated carbocycles. The van der Waals surface area contributed by atoms with Gasteiger partial charge in [-0.2, -0.15) is 5.26 Å². The van der Waals surface area contributed by atoms with Gasteiger partial charge in [-0.25, -0.2) is 4.98 Å². The van der Waals surface area contributed by atoms with Crippen LogP contribution in [0.25, 0.3) is 0 Å². The van der Waals surface area contributed by atoms with Crippen molar-refractivity contribution in [1.29, 1.82) is 5.26 Å². The number of methoxy groups -OCH3 is 1. The zero-order valence-corrected chi connectivity index (χ0v) is 25.0. The predicted molar refractivity (Wildman–Crippen MR) is 170 cm³/mol. The fourth-order valence-electron chi connectivity index (χ4n) is 6.13. The smallest absolute Gasteiger partial charge is 0.255 e. The summed E-state index contributed by atoms with van der Waals surface area (Å²) in [6.45, 7) is 2.06. The molecule has 3 aromatic carbocycles. The SMILES string of the molecule is COc1ccc([C@H]2C(C(=O)Nc3ccccn3)=C(C)NC3=C2C(=O)C[C@@H](c2ccccc2)C3)cc1COc1ccc(C#N)cc1. The van der Waals surface area contributed by atoms with Gasteiger partial charge in [-0.3, -0.25) is 9.59 Å². The van der Waals surface area contributed by atoms with Gasteiger partial charge in [0.2, 0.25) is 0 Å². The Kier molecular flexibility index (Phi) is 8.43. The van der Waals surface area contributed by atoms with Crippen LogP contribution in [0.5, 0.6) is 11.5 Å². The molecule has 0 spiro atoms. The number of hydrogen-bond acceptors (Lipinski definition) is 7. The van der Waals surface area contributed by atoms with Crippen molar-refractivity contribution in [1.82, 2.24) is 10.3 Å². The van der Waals surface area contributed by atoms with E-state index in [-0.39, 0.29) is 24.2 Å². The number of aromatic nitrogens is 1. The zero-order chi connectivity index (χ0) is 31.3. The molecule has 2 aliphatic rings. The monoisotopic (exact) mass is 596 g/mol. The summed E-state index contributed by atoms with van der Waals surface area (Å²) in [5, 5.41) is 15.5. The first-order chi connectivity index (χ1) is 21.9. The number of nitrogens with zero attached hydrogens (tertiary/aromatic N) is 2. The average Bonchev–Trinajstić information content (AvgIpc) is 3.07. The van der Waals surface area contributed by atoms with E-state index in [0.29, 0.717) is 52.6 Å². The van der Waals surface area contributed by atoms with Crippen molar-refractivity contribution in [3.63, 3.8) is 0 Å². The molecule has 0 bridgehead atoms. The van der Waals surface area contributed by atoms with Crippen LogP contribution in [-0.4, -0.2) is 23.8 Å². The van der Waals surface area contributed by atoms with Crippen LogP contribution in [0, 0.1) is 11.3 Å². The average molecular weight is 597 g/mol. The van der Waals surface area contributed by atoms with Gasteiger partial charge in [0.1, 0.15) is 23.9 Å². The number of allylic oxidation sites excluding steroid dienone is 3. The van der Waals surface area contributed by atoms with Crippen LogP contribution in [-0.2, 0) is 16.2 Å². The van der Waals surface area contributed by atoms with Crippen molar-refractivity contribution < 1.29 is 19.1 Å². The van der Waals surface area contributed by atoms with Crippen LogP contribution in [0.1, 0.15) is 53.9 Å². The lowest BCUT2D eigenvalue weighted by molar-refractivity contribution is -0.116. The number of ether oxygens (including phenoxy) is 2. The normalized spacial score (nSPS) is 17.6. The summed E-state index contributed by atoms with van der Waals surface area (Å²) in [6, 6.07) is 30.1. The van der Waals surface area contributed by atoms with E-state index in [9.17, 15) is 9.59 Å². The number of dihydropyridines is 1. The molecule has 8 heteroatoms. The molecule has 224 valence electrons. The number of carbonyl (C=O) groups is 2. The summed E-state index contributed by atoms with van der Waals surface area (Å²) >= 11 is 0. The van der Waals surface area contributed by atoms with E-state index in [0.717, 1.165) is 22.4 Å². The third-order valence-corrected chi connectivity index (χ3v) is 8.27. The van der Waals surface area contributed by atoms with Gasteiger partial charge in [0.15, 0.2) is 5.78 Å². The van der Waals surface area contributed by atoms with Crippen LogP contribution in [0.3, 0.4) is 0 Å². The van der Waals surface area contributed by atoms with Crippen LogP contribution < -0.4 is 20.1 Å². The molecule has 2 N–H and O–H groups in total. The van der Waals surface area contributed by atoms with Crippen molar-refractivity contribution in [2.75, 3.05) is 12.4 Å². The van der Waals surface area contributed by atoms with Crippen LogP contribution in [0.15, 0.2) is 120 Å². The Morgan fingerprint density at radius 1 is 1.00 bits per heavy atom. The van der Waals surface area contributed by atoms with Gasteiger partial charge in [0.05, 0.1) is 18.7 Å². The summed E-state index contributed by atoms with van der Waals surface area (Å²) in [5.74, 6) is 0.738. The quantitative estimate of drug-likeness (QED) is 0.237. The van der Waals surface area contributed by atoms with Crippen molar-refractivity contribution in [3.8, 4) is 17.6 Å². The number of nitrogens with one attached hydrogen (secondary N) is 2. The Morgan fingerprint density at radius 3 is 2.49 bits per heavy atom. The minimum absolute atomic E-state index is 0.00411. The first-order valence-electron chi connectivity index (χ1n) is 14.8. The first-order valence-corrected chi connectivity index (χ1v) is 14.8. The molecule has 8 nitrogen and oxygen atoms in total. The molecule has 0 radical (unpaired) electrons. The molecular weight excluding hydrogens is 564 g/mol. The fraction of sp³-hybridized carbons (Fsp3) is 0.189. The number of amides is 1. The molecule has 0 saturated heterocycles. The Balaban J connectivity index is 1.40. The summed E-state index contributed by atoms with van der Waals surface area (Å²) in [7, 11) is 1.59. The molecule has 2 heterocycles. The van der Waals surface area contributed by atoms with Gasteiger partial charge >= 0.3 is 0 Å². The Morgan fingerprint density at radius 2 is 1.78 bits per heavy atom. The van der Waals surface area contributed by atoms with E-state index >= 15 is 0 Å². The summed E-state index contributed by atoms with van der Waals surface area (Å²) < 4.78 is 11.7. The van der Waals surface area contributed by atoms with E-state index in [1.54, 1.807) is 55.8 Å². The molecule has 1 aliphatic carbocycles. The molecule has 1 aromatic heterocycles. The summed E-state index contributed by atoms with van der Waals surface area (Å²) in [5.41, 5.74) is 5.76. The highest BCUT2D eigenvalue weighted by molar-refractivity contribution is 6.09. The molecule has 0 unspecified atom stereocenters. The molecule has 45 heavy (non-hydrogen) atoms. The highest BCUT2D eigenvalue weighted by Gasteiger charge is 2.41. The minimum Gasteiger partial charge on any atom is -0.496 e. The third kappa shape index (κ3) is 6.20.